The van der Waals surface area contributed by atoms with Gasteiger partial charge >= 0.3 is 6.03 Å². The zero-order valence-electron chi connectivity index (χ0n) is 13.0. The third-order valence-corrected chi connectivity index (χ3v) is 3.96. The molecule has 2 aromatic carbocycles. The zero-order chi connectivity index (χ0) is 17.1. The highest BCUT2D eigenvalue weighted by Crippen LogP contribution is 2.33. The molecule has 1 aliphatic carbocycles. The van der Waals surface area contributed by atoms with Crippen LogP contribution in [0.2, 0.25) is 0 Å². The number of hydrogen-bond acceptors (Lipinski definition) is 2. The summed E-state index contributed by atoms with van der Waals surface area (Å²) in [5.74, 6) is -1.54. The summed E-state index contributed by atoms with van der Waals surface area (Å²) in [7, 11) is 0. The number of rotatable bonds is 5. The number of nitrogens with zero attached hydrogens (tertiary/aromatic N) is 1. The Labute approximate surface area is 138 Å². The first-order valence-electron chi connectivity index (χ1n) is 7.83. The summed E-state index contributed by atoms with van der Waals surface area (Å²) < 4.78 is 28.0. The maximum Gasteiger partial charge on any atom is 0.322 e. The second kappa shape index (κ2) is 6.97. The van der Waals surface area contributed by atoms with Crippen LogP contribution in [-0.4, -0.2) is 35.2 Å². The molecule has 1 aliphatic rings. The van der Waals surface area contributed by atoms with E-state index in [9.17, 15) is 13.6 Å². The lowest BCUT2D eigenvalue weighted by atomic mass is 10.0. The predicted molar refractivity (Wildman–Crippen MR) is 87.6 cm³/mol. The van der Waals surface area contributed by atoms with Crippen molar-refractivity contribution in [2.45, 2.75) is 18.9 Å². The average molecular weight is 332 g/mol. The first kappa shape index (κ1) is 16.4. The molecule has 1 saturated carbocycles. The molecule has 24 heavy (non-hydrogen) atoms. The first-order valence-corrected chi connectivity index (χ1v) is 7.83. The number of benzene rings is 2. The average Bonchev–Trinajstić information content (AvgIpc) is 3.40. The highest BCUT2D eigenvalue weighted by molar-refractivity contribution is 5.95. The van der Waals surface area contributed by atoms with E-state index in [-0.39, 0.29) is 30.4 Å². The van der Waals surface area contributed by atoms with Crippen molar-refractivity contribution in [1.29, 1.82) is 0 Å². The molecule has 0 aliphatic heterocycles. The molecule has 3 rings (SSSR count). The minimum Gasteiger partial charge on any atom is -0.395 e. The largest absolute Gasteiger partial charge is 0.395 e. The van der Waals surface area contributed by atoms with Gasteiger partial charge in [0.05, 0.1) is 12.3 Å². The number of amides is 2. The van der Waals surface area contributed by atoms with E-state index in [1.807, 2.05) is 0 Å². The van der Waals surface area contributed by atoms with Crippen molar-refractivity contribution in [3.63, 3.8) is 0 Å². The number of aliphatic hydroxyl groups excluding tert-OH is 1. The number of nitrogens with one attached hydrogen (secondary N) is 1. The molecular weight excluding hydrogens is 314 g/mol. The molecule has 2 aromatic rings. The molecule has 6 heteroatoms. The molecule has 0 aromatic heterocycles. The molecule has 2 amide bonds. The molecule has 0 radical (unpaired) electrons. The van der Waals surface area contributed by atoms with E-state index in [0.29, 0.717) is 5.56 Å². The van der Waals surface area contributed by atoms with Crippen LogP contribution in [0.4, 0.5) is 19.3 Å². The lowest BCUT2D eigenvalue weighted by Crippen LogP contribution is -2.39. The van der Waals surface area contributed by atoms with Crippen LogP contribution >= 0.6 is 0 Å². The minimum atomic E-state index is -0.832. The van der Waals surface area contributed by atoms with Crippen LogP contribution < -0.4 is 5.32 Å². The quantitative estimate of drug-likeness (QED) is 0.879. The van der Waals surface area contributed by atoms with Gasteiger partial charge in [-0.3, -0.25) is 0 Å². The molecule has 0 unspecified atom stereocenters. The Bertz CT molecular complexity index is 733. The van der Waals surface area contributed by atoms with Crippen molar-refractivity contribution in [1.82, 2.24) is 4.90 Å². The van der Waals surface area contributed by atoms with Crippen molar-refractivity contribution in [3.05, 3.63) is 54.1 Å². The van der Waals surface area contributed by atoms with Crippen molar-refractivity contribution >= 4 is 11.7 Å². The second-order valence-electron chi connectivity index (χ2n) is 5.75. The van der Waals surface area contributed by atoms with Crippen LogP contribution in [0, 0.1) is 11.6 Å². The number of hydrogen-bond donors (Lipinski definition) is 2. The molecule has 126 valence electrons. The van der Waals surface area contributed by atoms with Crippen LogP contribution in [0.3, 0.4) is 0 Å². The van der Waals surface area contributed by atoms with E-state index < -0.39 is 17.7 Å². The lowest BCUT2D eigenvalue weighted by molar-refractivity contribution is 0.185. The Kier molecular flexibility index (Phi) is 4.76. The minimum absolute atomic E-state index is 0.0591. The van der Waals surface area contributed by atoms with Crippen LogP contribution in [-0.2, 0) is 0 Å². The third-order valence-electron chi connectivity index (χ3n) is 3.96. The SMILES string of the molecule is O=C(Nc1c(F)cc(F)cc1-c1ccccc1)N(CCO)C1CC1. The highest BCUT2D eigenvalue weighted by atomic mass is 19.1. The molecule has 0 bridgehead atoms. The van der Waals surface area contributed by atoms with Gasteiger partial charge in [-0.05, 0) is 24.5 Å². The summed E-state index contributed by atoms with van der Waals surface area (Å²) in [6, 6.07) is 10.3. The lowest BCUT2D eigenvalue weighted by Gasteiger charge is -2.23. The van der Waals surface area contributed by atoms with Gasteiger partial charge in [-0.2, -0.15) is 0 Å². The molecular formula is C18H18F2N2O2. The third kappa shape index (κ3) is 3.54. The van der Waals surface area contributed by atoms with E-state index in [1.165, 1.54) is 11.0 Å². The summed E-state index contributed by atoms with van der Waals surface area (Å²) in [5, 5.41) is 11.7. The molecule has 4 nitrogen and oxygen atoms in total. The fraction of sp³-hybridized carbons (Fsp3) is 0.278. The van der Waals surface area contributed by atoms with E-state index in [0.717, 1.165) is 18.9 Å². The molecule has 0 heterocycles. The Hall–Kier alpha value is -2.47. The van der Waals surface area contributed by atoms with Gasteiger partial charge < -0.3 is 15.3 Å². The topological polar surface area (TPSA) is 52.6 Å². The molecule has 1 fully saturated rings. The molecule has 0 saturated heterocycles. The number of anilines is 1. The second-order valence-corrected chi connectivity index (χ2v) is 5.75. The van der Waals surface area contributed by atoms with Crippen LogP contribution in [0.15, 0.2) is 42.5 Å². The highest BCUT2D eigenvalue weighted by Gasteiger charge is 2.32. The summed E-state index contributed by atoms with van der Waals surface area (Å²) in [6.07, 6.45) is 1.73. The normalized spacial score (nSPS) is 13.6. The first-order chi connectivity index (χ1) is 11.6. The molecule has 0 atom stereocenters. The number of urea groups is 1. The maximum atomic E-state index is 14.3. The van der Waals surface area contributed by atoms with E-state index >= 15 is 0 Å². The van der Waals surface area contributed by atoms with Crippen LogP contribution in [0.25, 0.3) is 11.1 Å². The maximum absolute atomic E-state index is 14.3. The Balaban J connectivity index is 1.93. The van der Waals surface area contributed by atoms with Gasteiger partial charge in [-0.15, -0.1) is 0 Å². The van der Waals surface area contributed by atoms with Gasteiger partial charge in [0, 0.05) is 24.2 Å². The number of carbonyl (C=O) groups is 1. The van der Waals surface area contributed by atoms with Crippen LogP contribution in [0.5, 0.6) is 0 Å². The van der Waals surface area contributed by atoms with E-state index in [2.05, 4.69) is 5.32 Å². The summed E-state index contributed by atoms with van der Waals surface area (Å²) >= 11 is 0. The van der Waals surface area contributed by atoms with Gasteiger partial charge in [-0.25, -0.2) is 13.6 Å². The van der Waals surface area contributed by atoms with Crippen LogP contribution in [0.1, 0.15) is 12.8 Å². The summed E-state index contributed by atoms with van der Waals surface area (Å²) in [5.41, 5.74) is 0.823. The van der Waals surface area contributed by atoms with Crippen molar-refractivity contribution in [3.8, 4) is 11.1 Å². The molecule has 0 spiro atoms. The van der Waals surface area contributed by atoms with Gasteiger partial charge in [0.1, 0.15) is 11.6 Å². The van der Waals surface area contributed by atoms with E-state index in [1.54, 1.807) is 30.3 Å². The Morgan fingerprint density at radius 3 is 2.54 bits per heavy atom. The zero-order valence-corrected chi connectivity index (χ0v) is 13.0. The number of carbonyl (C=O) groups excluding carboxylic acids is 1. The number of halogens is 2. The standard InChI is InChI=1S/C18H18F2N2O2/c19-13-10-15(12-4-2-1-3-5-12)17(16(20)11-13)21-18(24)22(8-9-23)14-6-7-14/h1-5,10-11,14,23H,6-9H2,(H,21,24). The van der Waals surface area contributed by atoms with Gasteiger partial charge in [0.15, 0.2) is 0 Å². The Morgan fingerprint density at radius 2 is 1.92 bits per heavy atom. The van der Waals surface area contributed by atoms with Gasteiger partial charge in [0.2, 0.25) is 0 Å². The fourth-order valence-corrected chi connectivity index (χ4v) is 2.67. The van der Waals surface area contributed by atoms with Crippen molar-refractivity contribution in [2.24, 2.45) is 0 Å². The van der Waals surface area contributed by atoms with Crippen molar-refractivity contribution in [2.75, 3.05) is 18.5 Å². The fourth-order valence-electron chi connectivity index (χ4n) is 2.67. The summed E-state index contributed by atoms with van der Waals surface area (Å²) in [4.78, 5) is 13.9. The van der Waals surface area contributed by atoms with Gasteiger partial charge in [0.25, 0.3) is 0 Å². The monoisotopic (exact) mass is 332 g/mol. The Morgan fingerprint density at radius 1 is 1.21 bits per heavy atom. The molecule has 2 N–H and O–H groups in total. The number of aliphatic hydroxyl groups is 1. The predicted octanol–water partition coefficient (Wildman–Crippen LogP) is 3.62. The van der Waals surface area contributed by atoms with Crippen molar-refractivity contribution < 1.29 is 18.7 Å². The summed E-state index contributed by atoms with van der Waals surface area (Å²) in [6.45, 7) is 0.0152. The smallest absolute Gasteiger partial charge is 0.322 e. The van der Waals surface area contributed by atoms with Gasteiger partial charge in [-0.1, -0.05) is 30.3 Å². The van der Waals surface area contributed by atoms with E-state index in [4.69, 9.17) is 5.11 Å².